The van der Waals surface area contributed by atoms with Crippen molar-refractivity contribution < 1.29 is 64.6 Å². The fourth-order valence-electron chi connectivity index (χ4n) is 14.7. The summed E-state index contributed by atoms with van der Waals surface area (Å²) in [6.45, 7) is 2.94. The van der Waals surface area contributed by atoms with E-state index >= 15 is 0 Å². The van der Waals surface area contributed by atoms with Gasteiger partial charge in [0.2, 0.25) is 5.91 Å². The standard InChI is InChI=1S/C84H163NO13/c1-3-5-7-9-11-13-15-17-19-21-23-25-27-28-29-30-31-32-33-34-35-36-37-38-39-40-41-42-43-44-46-48-50-52-54-56-58-60-62-64-66-68-76(89)85-72(71-95-83-81(94)79(92)82(75(70-87)97-83)98-84-80(93)78(91)77(90)74(69-86)96-84)73(88)67-65-63-61-59-57-55-53-51-49-47-45-26-24-22-20-18-16-14-12-10-8-6-4-2/h21,23,72-75,77-84,86-88,90-94H,3-20,22,24-71H2,1-2H3,(H,85,89)/b23-21-. The second-order valence-electron chi connectivity index (χ2n) is 30.7. The molecule has 0 aromatic heterocycles. The van der Waals surface area contributed by atoms with Crippen LogP contribution in [0, 0.1) is 0 Å². The molecule has 0 spiro atoms. The fourth-order valence-corrected chi connectivity index (χ4v) is 14.7. The van der Waals surface area contributed by atoms with Gasteiger partial charge in [0.15, 0.2) is 12.6 Å². The SMILES string of the molecule is CCCCCCCCCC/C=C\CCCCCCCCCCCCCCCCCCCCCCCCCCCCCCCC(=O)NC(COC1OC(CO)C(OC2OC(CO)C(O)C(O)C2O)C(O)C1O)C(O)CCCCCCCCCCCCCCCCCCCCCCCCC. The van der Waals surface area contributed by atoms with Crippen LogP contribution in [0.3, 0.4) is 0 Å². The molecule has 2 saturated heterocycles. The number of aliphatic hydroxyl groups is 8. The quantitative estimate of drug-likeness (QED) is 0.0204. The van der Waals surface area contributed by atoms with E-state index in [1.54, 1.807) is 0 Å². The number of rotatable bonds is 74. The van der Waals surface area contributed by atoms with Crippen molar-refractivity contribution in [2.24, 2.45) is 0 Å². The van der Waals surface area contributed by atoms with Gasteiger partial charge in [0.25, 0.3) is 0 Å². The van der Waals surface area contributed by atoms with E-state index in [0.29, 0.717) is 12.8 Å². The van der Waals surface area contributed by atoms with E-state index in [-0.39, 0.29) is 12.5 Å². The molecule has 2 heterocycles. The number of aliphatic hydroxyl groups excluding tert-OH is 8. The van der Waals surface area contributed by atoms with Crippen molar-refractivity contribution >= 4 is 5.91 Å². The van der Waals surface area contributed by atoms with Gasteiger partial charge in [-0.3, -0.25) is 4.79 Å². The third-order valence-electron chi connectivity index (χ3n) is 21.5. The molecule has 9 N–H and O–H groups in total. The number of hydrogen-bond acceptors (Lipinski definition) is 13. The van der Waals surface area contributed by atoms with Crippen LogP contribution in [0.15, 0.2) is 12.2 Å². The minimum atomic E-state index is -1.78. The van der Waals surface area contributed by atoms with Crippen molar-refractivity contribution in [3.8, 4) is 0 Å². The van der Waals surface area contributed by atoms with E-state index in [2.05, 4.69) is 31.3 Å². The maximum Gasteiger partial charge on any atom is 0.220 e. The van der Waals surface area contributed by atoms with Crippen LogP contribution in [-0.4, -0.2) is 140 Å². The Morgan fingerprint density at radius 1 is 0.357 bits per heavy atom. The summed E-state index contributed by atoms with van der Waals surface area (Å²) < 4.78 is 23.0. The minimum Gasteiger partial charge on any atom is -0.394 e. The lowest BCUT2D eigenvalue weighted by Crippen LogP contribution is -2.65. The van der Waals surface area contributed by atoms with E-state index in [9.17, 15) is 45.6 Å². The third-order valence-corrected chi connectivity index (χ3v) is 21.5. The van der Waals surface area contributed by atoms with Gasteiger partial charge in [-0.15, -0.1) is 0 Å². The molecule has 12 unspecified atom stereocenters. The third kappa shape index (κ3) is 51.0. The molecule has 0 saturated carbocycles. The highest BCUT2D eigenvalue weighted by Gasteiger charge is 2.51. The summed E-state index contributed by atoms with van der Waals surface area (Å²) in [5.41, 5.74) is 0. The fraction of sp³-hybridized carbons (Fsp3) is 0.964. The predicted octanol–water partition coefficient (Wildman–Crippen LogP) is 20.0. The van der Waals surface area contributed by atoms with Gasteiger partial charge in [-0.25, -0.2) is 0 Å². The summed E-state index contributed by atoms with van der Waals surface area (Å²) >= 11 is 0. The maximum atomic E-state index is 13.4. The van der Waals surface area contributed by atoms with Crippen LogP contribution in [0.4, 0.5) is 0 Å². The van der Waals surface area contributed by atoms with E-state index in [1.165, 1.54) is 347 Å². The Morgan fingerprint density at radius 3 is 0.969 bits per heavy atom. The van der Waals surface area contributed by atoms with Gasteiger partial charge in [-0.05, 0) is 38.5 Å². The second kappa shape index (κ2) is 68.8. The van der Waals surface area contributed by atoms with Crippen LogP contribution in [0.2, 0.25) is 0 Å². The van der Waals surface area contributed by atoms with E-state index in [1.807, 2.05) is 0 Å². The number of nitrogens with one attached hydrogen (secondary N) is 1. The molecular formula is C84H163NO13. The Hall–Kier alpha value is -1.27. The molecule has 14 heteroatoms. The first-order valence-electron chi connectivity index (χ1n) is 42.9. The first-order valence-corrected chi connectivity index (χ1v) is 42.9. The number of unbranched alkanes of at least 4 members (excludes halogenated alkanes) is 59. The molecule has 0 aromatic rings. The molecule has 2 fully saturated rings. The Labute approximate surface area is 603 Å². The zero-order chi connectivity index (χ0) is 70.8. The molecule has 0 aromatic carbocycles. The van der Waals surface area contributed by atoms with Gasteiger partial charge < -0.3 is 65.1 Å². The summed E-state index contributed by atoms with van der Waals surface area (Å²) in [5.74, 6) is -0.195. The first kappa shape index (κ1) is 92.8. The molecule has 582 valence electrons. The van der Waals surface area contributed by atoms with E-state index < -0.39 is 86.8 Å². The first-order chi connectivity index (χ1) is 48.1. The lowest BCUT2D eigenvalue weighted by molar-refractivity contribution is -0.359. The molecular weight excluding hydrogens is 1230 g/mol. The van der Waals surface area contributed by atoms with Gasteiger partial charge in [-0.1, -0.05) is 392 Å². The highest BCUT2D eigenvalue weighted by molar-refractivity contribution is 5.76. The number of hydrogen-bond donors (Lipinski definition) is 9. The van der Waals surface area contributed by atoms with E-state index in [0.717, 1.165) is 51.4 Å². The number of ether oxygens (including phenoxy) is 4. The Morgan fingerprint density at radius 2 is 0.643 bits per heavy atom. The highest BCUT2D eigenvalue weighted by Crippen LogP contribution is 2.31. The lowest BCUT2D eigenvalue weighted by Gasteiger charge is -2.46. The molecule has 98 heavy (non-hydrogen) atoms. The summed E-state index contributed by atoms with van der Waals surface area (Å²) in [6, 6.07) is -0.826. The monoisotopic (exact) mass is 1390 g/mol. The summed E-state index contributed by atoms with van der Waals surface area (Å²) in [5, 5.41) is 87.9. The predicted molar refractivity (Wildman–Crippen MR) is 406 cm³/mol. The van der Waals surface area contributed by atoms with Crippen molar-refractivity contribution in [1.29, 1.82) is 0 Å². The van der Waals surface area contributed by atoms with Gasteiger partial charge in [0.05, 0.1) is 32.0 Å². The van der Waals surface area contributed by atoms with Gasteiger partial charge in [-0.2, -0.15) is 0 Å². The van der Waals surface area contributed by atoms with Crippen molar-refractivity contribution in [3.05, 3.63) is 12.2 Å². The molecule has 0 aliphatic carbocycles. The second-order valence-corrected chi connectivity index (χ2v) is 30.7. The molecule has 12 atom stereocenters. The molecule has 1 amide bonds. The van der Waals surface area contributed by atoms with Crippen molar-refractivity contribution in [2.75, 3.05) is 19.8 Å². The minimum absolute atomic E-state index is 0.195. The van der Waals surface area contributed by atoms with Crippen molar-refractivity contribution in [2.45, 2.75) is 498 Å². The van der Waals surface area contributed by atoms with Gasteiger partial charge in [0.1, 0.15) is 48.8 Å². The Kier molecular flexibility index (Phi) is 65.2. The van der Waals surface area contributed by atoms with Crippen molar-refractivity contribution in [3.63, 3.8) is 0 Å². The van der Waals surface area contributed by atoms with Crippen LogP contribution in [0.5, 0.6) is 0 Å². The van der Waals surface area contributed by atoms with E-state index in [4.69, 9.17) is 18.9 Å². The topological polar surface area (TPSA) is 228 Å². The Bertz CT molecular complexity index is 1690. The summed E-state index contributed by atoms with van der Waals surface area (Å²) in [4.78, 5) is 13.4. The van der Waals surface area contributed by atoms with Crippen LogP contribution in [0.1, 0.15) is 425 Å². The van der Waals surface area contributed by atoms with Gasteiger partial charge >= 0.3 is 0 Å². The van der Waals surface area contributed by atoms with Crippen molar-refractivity contribution in [1.82, 2.24) is 5.32 Å². The smallest absolute Gasteiger partial charge is 0.220 e. The highest BCUT2D eigenvalue weighted by atomic mass is 16.7. The summed E-state index contributed by atoms with van der Waals surface area (Å²) in [7, 11) is 0. The Balaban J connectivity index is 1.53. The molecule has 2 rings (SSSR count). The molecule has 2 aliphatic rings. The lowest BCUT2D eigenvalue weighted by atomic mass is 9.97. The number of carbonyl (C=O) groups excluding carboxylic acids is 1. The zero-order valence-corrected chi connectivity index (χ0v) is 64.1. The van der Waals surface area contributed by atoms with Crippen LogP contribution >= 0.6 is 0 Å². The van der Waals surface area contributed by atoms with Gasteiger partial charge in [0, 0.05) is 6.42 Å². The largest absolute Gasteiger partial charge is 0.394 e. The number of allylic oxidation sites excluding steroid dienone is 2. The average Bonchev–Trinajstić information content (AvgIpc) is 0.793. The molecule has 0 bridgehead atoms. The number of carbonyl (C=O) groups is 1. The van der Waals surface area contributed by atoms with Crippen LogP contribution < -0.4 is 5.32 Å². The van der Waals surface area contributed by atoms with Crippen LogP contribution in [-0.2, 0) is 23.7 Å². The normalized spacial score (nSPS) is 22.0. The summed E-state index contributed by atoms with van der Waals surface area (Å²) in [6.07, 6.45) is 71.4. The zero-order valence-electron chi connectivity index (χ0n) is 64.1. The average molecular weight is 1400 g/mol. The van der Waals surface area contributed by atoms with Crippen LogP contribution in [0.25, 0.3) is 0 Å². The molecule has 0 radical (unpaired) electrons. The number of amides is 1. The molecule has 14 nitrogen and oxygen atoms in total. The maximum absolute atomic E-state index is 13.4. The molecule has 2 aliphatic heterocycles.